The molecule has 3 nitrogen and oxygen atoms in total. The Bertz CT molecular complexity index is 861. The minimum absolute atomic E-state index is 0.368. The first-order chi connectivity index (χ1) is 11.3. The van der Waals surface area contributed by atoms with E-state index in [9.17, 15) is 10.5 Å². The maximum absolute atomic E-state index is 9.51. The van der Waals surface area contributed by atoms with Gasteiger partial charge in [-0.15, -0.1) is 0 Å². The highest BCUT2D eigenvalue weighted by Gasteiger charge is 2.19. The Balaban J connectivity index is 2.37. The normalized spacial score (nSPS) is 9.87. The number of nitrogens with zero attached hydrogens (tertiary/aromatic N) is 3. The second-order valence-electron chi connectivity index (χ2n) is 4.83. The summed E-state index contributed by atoms with van der Waals surface area (Å²) in [6.45, 7) is 0. The van der Waals surface area contributed by atoms with Crippen molar-refractivity contribution in [3.05, 3.63) is 76.3 Å². The maximum Gasteiger partial charge on any atom is 0.103 e. The molecule has 0 saturated heterocycles. The zero-order valence-corrected chi connectivity index (χ0v) is 13.6. The number of aromatic nitrogens is 1. The Hall–Kier alpha value is -2.95. The number of hydrogen-bond acceptors (Lipinski definition) is 3. The highest BCUT2D eigenvalue weighted by atomic mass is 79.9. The standard InChI is InChI=1S/C19H10BrN3/c20-17-15(11-21)18(13-7-3-1-4-8-13)23-19(16(17)12-22)14-9-5-2-6-10-14/h1-10H. The number of rotatable bonds is 2. The molecule has 0 saturated carbocycles. The van der Waals surface area contributed by atoms with Gasteiger partial charge in [-0.1, -0.05) is 60.7 Å². The highest BCUT2D eigenvalue weighted by molar-refractivity contribution is 9.10. The van der Waals surface area contributed by atoms with E-state index in [2.05, 4.69) is 33.1 Å². The molecule has 0 radical (unpaired) electrons. The van der Waals surface area contributed by atoms with Gasteiger partial charge in [0.1, 0.15) is 12.1 Å². The second-order valence-corrected chi connectivity index (χ2v) is 5.62. The molecule has 3 aromatic rings. The van der Waals surface area contributed by atoms with Crippen molar-refractivity contribution in [3.63, 3.8) is 0 Å². The molecule has 1 aromatic heterocycles. The Kier molecular flexibility index (Phi) is 4.19. The fourth-order valence-corrected chi connectivity index (χ4v) is 2.92. The summed E-state index contributed by atoms with van der Waals surface area (Å²) < 4.78 is 0.482. The first kappa shape index (κ1) is 15.0. The van der Waals surface area contributed by atoms with Crippen LogP contribution < -0.4 is 0 Å². The minimum atomic E-state index is 0.368. The van der Waals surface area contributed by atoms with Crippen LogP contribution in [0, 0.1) is 22.7 Å². The maximum atomic E-state index is 9.51. The summed E-state index contributed by atoms with van der Waals surface area (Å²) in [5.41, 5.74) is 3.55. The fourth-order valence-electron chi connectivity index (χ4n) is 2.37. The second kappa shape index (κ2) is 6.44. The Labute approximate surface area is 142 Å². The molecule has 4 heteroatoms. The molecule has 0 N–H and O–H groups in total. The van der Waals surface area contributed by atoms with Gasteiger partial charge in [0.15, 0.2) is 0 Å². The Morgan fingerprint density at radius 3 is 1.43 bits per heavy atom. The van der Waals surface area contributed by atoms with Crippen molar-refractivity contribution >= 4 is 15.9 Å². The first-order valence-electron chi connectivity index (χ1n) is 6.90. The molecule has 0 amide bonds. The summed E-state index contributed by atoms with van der Waals surface area (Å²) in [6, 6.07) is 23.3. The summed E-state index contributed by atoms with van der Waals surface area (Å²) in [6.07, 6.45) is 0. The average molecular weight is 360 g/mol. The smallest absolute Gasteiger partial charge is 0.103 e. The van der Waals surface area contributed by atoms with Crippen molar-refractivity contribution in [2.24, 2.45) is 0 Å². The van der Waals surface area contributed by atoms with Crippen LogP contribution >= 0.6 is 15.9 Å². The molecule has 0 bridgehead atoms. The molecule has 0 aliphatic carbocycles. The van der Waals surface area contributed by atoms with Crippen LogP contribution in [-0.4, -0.2) is 4.98 Å². The van der Waals surface area contributed by atoms with Crippen molar-refractivity contribution in [3.8, 4) is 34.7 Å². The van der Waals surface area contributed by atoms with Crippen LogP contribution in [0.15, 0.2) is 65.1 Å². The predicted molar refractivity (Wildman–Crippen MR) is 92.2 cm³/mol. The van der Waals surface area contributed by atoms with Gasteiger partial charge in [0.25, 0.3) is 0 Å². The van der Waals surface area contributed by atoms with E-state index in [1.807, 2.05) is 60.7 Å². The van der Waals surface area contributed by atoms with Crippen molar-refractivity contribution in [1.82, 2.24) is 4.98 Å². The topological polar surface area (TPSA) is 60.5 Å². The lowest BCUT2D eigenvalue weighted by Gasteiger charge is -2.12. The van der Waals surface area contributed by atoms with Crippen molar-refractivity contribution < 1.29 is 0 Å². The van der Waals surface area contributed by atoms with Crippen LogP contribution in [0.2, 0.25) is 0 Å². The van der Waals surface area contributed by atoms with Crippen molar-refractivity contribution in [2.45, 2.75) is 0 Å². The van der Waals surface area contributed by atoms with Gasteiger partial charge in [-0.25, -0.2) is 4.98 Å². The lowest BCUT2D eigenvalue weighted by atomic mass is 10.00. The van der Waals surface area contributed by atoms with E-state index in [0.717, 1.165) is 11.1 Å². The first-order valence-corrected chi connectivity index (χ1v) is 7.70. The zero-order chi connectivity index (χ0) is 16.2. The largest absolute Gasteiger partial charge is 0.245 e. The van der Waals surface area contributed by atoms with Crippen LogP contribution in [0.4, 0.5) is 0 Å². The number of nitriles is 2. The third-order valence-corrected chi connectivity index (χ3v) is 4.25. The molecular weight excluding hydrogens is 350 g/mol. The summed E-state index contributed by atoms with van der Waals surface area (Å²) in [5, 5.41) is 19.0. The van der Waals surface area contributed by atoms with Crippen LogP contribution in [0.25, 0.3) is 22.5 Å². The molecule has 0 spiro atoms. The predicted octanol–water partition coefficient (Wildman–Crippen LogP) is 4.92. The molecule has 23 heavy (non-hydrogen) atoms. The fraction of sp³-hybridized carbons (Fsp3) is 0. The summed E-state index contributed by atoms with van der Waals surface area (Å²) in [7, 11) is 0. The van der Waals surface area contributed by atoms with E-state index in [4.69, 9.17) is 0 Å². The van der Waals surface area contributed by atoms with Gasteiger partial charge in [0, 0.05) is 11.1 Å². The van der Waals surface area contributed by atoms with E-state index in [0.29, 0.717) is 27.0 Å². The van der Waals surface area contributed by atoms with E-state index in [1.165, 1.54) is 0 Å². The van der Waals surface area contributed by atoms with Gasteiger partial charge >= 0.3 is 0 Å². The highest BCUT2D eigenvalue weighted by Crippen LogP contribution is 2.35. The summed E-state index contributed by atoms with van der Waals surface area (Å²) >= 11 is 3.41. The molecule has 0 fully saturated rings. The number of benzene rings is 2. The van der Waals surface area contributed by atoms with Gasteiger partial charge in [-0.2, -0.15) is 10.5 Å². The molecule has 0 aliphatic rings. The van der Waals surface area contributed by atoms with Gasteiger partial charge in [-0.05, 0) is 15.9 Å². The number of pyridine rings is 1. The molecule has 3 rings (SSSR count). The van der Waals surface area contributed by atoms with E-state index in [1.54, 1.807) is 0 Å². The van der Waals surface area contributed by atoms with E-state index < -0.39 is 0 Å². The number of halogens is 1. The number of hydrogen-bond donors (Lipinski definition) is 0. The van der Waals surface area contributed by atoms with Crippen molar-refractivity contribution in [2.75, 3.05) is 0 Å². The molecule has 0 aliphatic heterocycles. The van der Waals surface area contributed by atoms with Crippen LogP contribution in [0.1, 0.15) is 11.1 Å². The zero-order valence-electron chi connectivity index (χ0n) is 12.0. The third kappa shape index (κ3) is 2.73. The van der Waals surface area contributed by atoms with E-state index in [-0.39, 0.29) is 0 Å². The monoisotopic (exact) mass is 359 g/mol. The van der Waals surface area contributed by atoms with Crippen molar-refractivity contribution in [1.29, 1.82) is 10.5 Å². The molecule has 2 aromatic carbocycles. The Morgan fingerprint density at radius 1 is 0.696 bits per heavy atom. The molecule has 0 unspecified atom stereocenters. The van der Waals surface area contributed by atoms with Crippen LogP contribution in [-0.2, 0) is 0 Å². The summed E-state index contributed by atoms with van der Waals surface area (Å²) in [5.74, 6) is 0. The molecule has 1 heterocycles. The van der Waals surface area contributed by atoms with Crippen LogP contribution in [0.5, 0.6) is 0 Å². The lowest BCUT2D eigenvalue weighted by molar-refractivity contribution is 1.26. The average Bonchev–Trinajstić information content (AvgIpc) is 2.62. The molecule has 108 valence electrons. The molecular formula is C19H10BrN3. The van der Waals surface area contributed by atoms with Gasteiger partial charge < -0.3 is 0 Å². The van der Waals surface area contributed by atoms with E-state index >= 15 is 0 Å². The van der Waals surface area contributed by atoms with Gasteiger partial charge in [0.05, 0.1) is 27.0 Å². The minimum Gasteiger partial charge on any atom is -0.245 e. The Morgan fingerprint density at radius 2 is 1.09 bits per heavy atom. The van der Waals surface area contributed by atoms with Crippen LogP contribution in [0.3, 0.4) is 0 Å². The SMILES string of the molecule is N#Cc1c(-c2ccccc2)nc(-c2ccccc2)c(C#N)c1Br. The van der Waals surface area contributed by atoms with Gasteiger partial charge in [0.2, 0.25) is 0 Å². The quantitative estimate of drug-likeness (QED) is 0.652. The lowest BCUT2D eigenvalue weighted by Crippen LogP contribution is -1.99. The third-order valence-electron chi connectivity index (χ3n) is 3.45. The van der Waals surface area contributed by atoms with Gasteiger partial charge in [-0.3, -0.25) is 0 Å². The summed E-state index contributed by atoms with van der Waals surface area (Å²) in [4.78, 5) is 4.64. The molecule has 0 atom stereocenters.